The lowest BCUT2D eigenvalue weighted by molar-refractivity contribution is -0.0507. The summed E-state index contributed by atoms with van der Waals surface area (Å²) in [6.45, 7) is 2.87. The average molecular weight is 363 g/mol. The number of hydrogen-bond donors (Lipinski definition) is 1. The van der Waals surface area contributed by atoms with E-state index in [-0.39, 0.29) is 24.1 Å². The van der Waals surface area contributed by atoms with Crippen LogP contribution < -0.4 is 10.1 Å². The van der Waals surface area contributed by atoms with E-state index in [1.54, 1.807) is 26.0 Å². The molecule has 7 heteroatoms. The summed E-state index contributed by atoms with van der Waals surface area (Å²) in [5.74, 6) is 0.574. The Balaban J connectivity index is 0.00000288. The number of nitrogens with one attached hydrogen (secondary N) is 1. The van der Waals surface area contributed by atoms with Crippen LogP contribution in [0.4, 0.5) is 8.78 Å². The van der Waals surface area contributed by atoms with Crippen LogP contribution in [0.5, 0.6) is 5.75 Å². The van der Waals surface area contributed by atoms with E-state index in [1.165, 1.54) is 0 Å². The Morgan fingerprint density at radius 2 is 2.00 bits per heavy atom. The molecule has 24 heavy (non-hydrogen) atoms. The van der Waals surface area contributed by atoms with Crippen LogP contribution in [-0.2, 0) is 0 Å². The number of benzene rings is 1. The van der Waals surface area contributed by atoms with Gasteiger partial charge >= 0.3 is 6.61 Å². The molecule has 0 saturated carbocycles. The van der Waals surface area contributed by atoms with E-state index in [4.69, 9.17) is 0 Å². The van der Waals surface area contributed by atoms with E-state index in [9.17, 15) is 13.6 Å². The molecule has 0 bridgehead atoms. The highest BCUT2D eigenvalue weighted by atomic mass is 35.5. The molecular formula is C17H25ClF2N2O2. The van der Waals surface area contributed by atoms with Gasteiger partial charge in [-0.3, -0.25) is 4.79 Å². The Bertz CT molecular complexity index is 545. The lowest BCUT2D eigenvalue weighted by Gasteiger charge is -2.33. The number of nitrogens with zero attached hydrogens (tertiary/aromatic N) is 1. The van der Waals surface area contributed by atoms with Crippen molar-refractivity contribution in [2.75, 3.05) is 26.7 Å². The number of aryl methyl sites for hydroxylation is 2. The third-order valence-electron chi connectivity index (χ3n) is 4.21. The maximum atomic E-state index is 12.7. The topological polar surface area (TPSA) is 41.6 Å². The first-order valence-corrected chi connectivity index (χ1v) is 7.92. The number of carbonyl (C=O) groups excluding carboxylic acids is 1. The normalized spacial score (nSPS) is 17.6. The maximum absolute atomic E-state index is 12.7. The molecule has 1 unspecified atom stereocenters. The first-order valence-electron chi connectivity index (χ1n) is 7.92. The molecular weight excluding hydrogens is 338 g/mol. The standard InChI is InChI=1S/C17H24F2N2O2.ClH/c1-11-7-14(8-12(2)15(11)23-17(18)19)16(22)21-6-4-5-13(10-21)9-20-3;/h7-8,13,17,20H,4-6,9-10H2,1-3H3;1H. The van der Waals surface area contributed by atoms with Crippen molar-refractivity contribution < 1.29 is 18.3 Å². The largest absolute Gasteiger partial charge is 0.434 e. The number of carbonyl (C=O) groups is 1. The van der Waals surface area contributed by atoms with Crippen molar-refractivity contribution in [2.24, 2.45) is 5.92 Å². The minimum Gasteiger partial charge on any atom is -0.434 e. The van der Waals surface area contributed by atoms with Crippen LogP contribution >= 0.6 is 12.4 Å². The monoisotopic (exact) mass is 362 g/mol. The summed E-state index contributed by atoms with van der Waals surface area (Å²) in [5, 5.41) is 3.16. The molecule has 0 aromatic heterocycles. The summed E-state index contributed by atoms with van der Waals surface area (Å²) in [7, 11) is 1.91. The number of rotatable bonds is 5. The number of halogens is 3. The van der Waals surface area contributed by atoms with Gasteiger partial charge in [0.25, 0.3) is 5.91 Å². The molecule has 1 aromatic carbocycles. The quantitative estimate of drug-likeness (QED) is 0.872. The minimum absolute atomic E-state index is 0. The zero-order chi connectivity index (χ0) is 17.0. The zero-order valence-corrected chi connectivity index (χ0v) is 15.1. The summed E-state index contributed by atoms with van der Waals surface area (Å²) in [6, 6.07) is 3.27. The Morgan fingerprint density at radius 1 is 1.38 bits per heavy atom. The molecule has 136 valence electrons. The lowest BCUT2D eigenvalue weighted by Crippen LogP contribution is -2.42. The van der Waals surface area contributed by atoms with Gasteiger partial charge in [0.05, 0.1) is 0 Å². The first-order chi connectivity index (χ1) is 10.9. The van der Waals surface area contributed by atoms with Gasteiger partial charge < -0.3 is 15.0 Å². The number of likely N-dealkylation sites (tertiary alicyclic amines) is 1. The molecule has 1 amide bonds. The maximum Gasteiger partial charge on any atom is 0.387 e. The van der Waals surface area contributed by atoms with Crippen molar-refractivity contribution >= 4 is 18.3 Å². The van der Waals surface area contributed by atoms with Gasteiger partial charge in [-0.2, -0.15) is 8.78 Å². The molecule has 0 radical (unpaired) electrons. The van der Waals surface area contributed by atoms with Crippen LogP contribution in [0.15, 0.2) is 12.1 Å². The van der Waals surface area contributed by atoms with Crippen molar-refractivity contribution in [3.63, 3.8) is 0 Å². The predicted molar refractivity (Wildman–Crippen MR) is 92.4 cm³/mol. The van der Waals surface area contributed by atoms with Crippen LogP contribution in [0.1, 0.15) is 34.3 Å². The highest BCUT2D eigenvalue weighted by molar-refractivity contribution is 5.95. The Hall–Kier alpha value is -1.40. The summed E-state index contributed by atoms with van der Waals surface area (Å²) < 4.78 is 29.4. The minimum atomic E-state index is -2.86. The first kappa shape index (κ1) is 20.6. The van der Waals surface area contributed by atoms with E-state index in [2.05, 4.69) is 10.1 Å². The predicted octanol–water partition coefficient (Wildman–Crippen LogP) is 3.40. The second-order valence-electron chi connectivity index (χ2n) is 6.13. The third kappa shape index (κ3) is 5.05. The molecule has 1 aromatic rings. The number of ether oxygens (including phenoxy) is 1. The summed E-state index contributed by atoms with van der Waals surface area (Å²) in [4.78, 5) is 14.6. The van der Waals surface area contributed by atoms with Gasteiger partial charge in [-0.25, -0.2) is 0 Å². The van der Waals surface area contributed by atoms with Crippen molar-refractivity contribution in [1.82, 2.24) is 10.2 Å². The van der Waals surface area contributed by atoms with Gasteiger partial charge in [0.15, 0.2) is 0 Å². The summed E-state index contributed by atoms with van der Waals surface area (Å²) in [6.07, 6.45) is 2.10. The van der Waals surface area contributed by atoms with Crippen molar-refractivity contribution in [1.29, 1.82) is 0 Å². The third-order valence-corrected chi connectivity index (χ3v) is 4.21. The van der Waals surface area contributed by atoms with Crippen LogP contribution in [0, 0.1) is 19.8 Å². The second-order valence-corrected chi connectivity index (χ2v) is 6.13. The molecule has 2 rings (SSSR count). The molecule has 1 fully saturated rings. The summed E-state index contributed by atoms with van der Waals surface area (Å²) >= 11 is 0. The molecule has 4 nitrogen and oxygen atoms in total. The van der Waals surface area contributed by atoms with Crippen LogP contribution in [-0.4, -0.2) is 44.1 Å². The molecule has 1 saturated heterocycles. The Labute approximate surface area is 148 Å². The fourth-order valence-electron chi connectivity index (χ4n) is 3.24. The molecule has 1 N–H and O–H groups in total. The summed E-state index contributed by atoms with van der Waals surface area (Å²) in [5.41, 5.74) is 1.64. The second kappa shape index (κ2) is 9.18. The number of piperidine rings is 1. The van der Waals surface area contributed by atoms with Gasteiger partial charge in [0.2, 0.25) is 0 Å². The Kier molecular flexibility index (Phi) is 7.90. The SMILES string of the molecule is CNCC1CCCN(C(=O)c2cc(C)c(OC(F)F)c(C)c2)C1.Cl. The molecule has 1 atom stereocenters. The molecule has 1 heterocycles. The van der Waals surface area contributed by atoms with Crippen LogP contribution in [0.25, 0.3) is 0 Å². The highest BCUT2D eigenvalue weighted by Gasteiger charge is 2.25. The fraction of sp³-hybridized carbons (Fsp3) is 0.588. The van der Waals surface area contributed by atoms with Crippen LogP contribution in [0.2, 0.25) is 0 Å². The van der Waals surface area contributed by atoms with E-state index in [0.29, 0.717) is 22.6 Å². The van der Waals surface area contributed by atoms with Crippen LogP contribution in [0.3, 0.4) is 0 Å². The fourth-order valence-corrected chi connectivity index (χ4v) is 3.24. The zero-order valence-electron chi connectivity index (χ0n) is 14.3. The molecule has 1 aliphatic rings. The average Bonchev–Trinajstić information content (AvgIpc) is 2.50. The number of amides is 1. The van der Waals surface area contributed by atoms with Gasteiger partial charge in [-0.1, -0.05) is 0 Å². The molecule has 0 spiro atoms. The van der Waals surface area contributed by atoms with Crippen molar-refractivity contribution in [3.8, 4) is 5.75 Å². The van der Waals surface area contributed by atoms with E-state index >= 15 is 0 Å². The van der Waals surface area contributed by atoms with E-state index in [1.807, 2.05) is 11.9 Å². The van der Waals surface area contributed by atoms with E-state index in [0.717, 1.165) is 32.5 Å². The molecule has 1 aliphatic heterocycles. The van der Waals surface area contributed by atoms with Crippen molar-refractivity contribution in [3.05, 3.63) is 28.8 Å². The van der Waals surface area contributed by atoms with Crippen molar-refractivity contribution in [2.45, 2.75) is 33.3 Å². The van der Waals surface area contributed by atoms with Gasteiger partial charge in [0, 0.05) is 18.7 Å². The van der Waals surface area contributed by atoms with Gasteiger partial charge in [-0.05, 0) is 69.5 Å². The van der Waals surface area contributed by atoms with Gasteiger partial charge in [0.1, 0.15) is 5.75 Å². The van der Waals surface area contributed by atoms with E-state index < -0.39 is 6.61 Å². The number of alkyl halides is 2. The lowest BCUT2D eigenvalue weighted by atomic mass is 9.96. The number of hydrogen-bond acceptors (Lipinski definition) is 3. The van der Waals surface area contributed by atoms with Gasteiger partial charge in [-0.15, -0.1) is 12.4 Å². The highest BCUT2D eigenvalue weighted by Crippen LogP contribution is 2.28. The molecule has 0 aliphatic carbocycles. The smallest absolute Gasteiger partial charge is 0.387 e. The Morgan fingerprint density at radius 3 is 2.54 bits per heavy atom.